The van der Waals surface area contributed by atoms with Crippen molar-refractivity contribution in [3.8, 4) is 17.1 Å². The Balaban J connectivity index is 0.000000310. The topological polar surface area (TPSA) is 146 Å². The largest absolute Gasteiger partial charge is 0.338 e. The lowest BCUT2D eigenvalue weighted by Gasteiger charge is -2.33. The number of nitrogens with zero attached hydrogens (tertiary/aromatic N) is 5. The van der Waals surface area contributed by atoms with Gasteiger partial charge in [-0.2, -0.15) is 16.8 Å². The van der Waals surface area contributed by atoms with Gasteiger partial charge in [-0.1, -0.05) is 41.6 Å². The minimum Gasteiger partial charge on any atom is -0.338 e. The predicted octanol–water partition coefficient (Wildman–Crippen LogP) is 2.81. The molecule has 3 aromatic rings. The minimum absolute atomic E-state index is 0.715. The molecule has 0 spiro atoms. The van der Waals surface area contributed by atoms with E-state index < -0.39 is 20.2 Å². The molecule has 11 nitrogen and oxygen atoms in total. The molecule has 0 saturated carbocycles. The molecule has 0 atom stereocenters. The van der Waals surface area contributed by atoms with Crippen molar-refractivity contribution in [2.45, 2.75) is 9.79 Å². The van der Waals surface area contributed by atoms with Crippen molar-refractivity contribution >= 4 is 49.5 Å². The van der Waals surface area contributed by atoms with Crippen LogP contribution in [-0.2, 0) is 20.2 Å². The molecule has 5 rings (SSSR count). The van der Waals surface area contributed by atoms with Crippen LogP contribution in [0.1, 0.15) is 0 Å². The van der Waals surface area contributed by atoms with Gasteiger partial charge in [-0.3, -0.25) is 13.7 Å². The van der Waals surface area contributed by atoms with E-state index in [4.69, 9.17) is 20.7 Å². The summed E-state index contributed by atoms with van der Waals surface area (Å²) >= 11 is 8.10. The number of rotatable bonds is 1. The maximum Gasteiger partial charge on any atom is 0.261 e. The van der Waals surface area contributed by atoms with E-state index in [2.05, 4.69) is 61.9 Å². The van der Waals surface area contributed by atoms with E-state index >= 15 is 0 Å². The fourth-order valence-electron chi connectivity index (χ4n) is 3.49. The number of likely N-dealkylation sites (N-methyl/N-ethyl adjacent to an activating group) is 1. The van der Waals surface area contributed by atoms with Crippen LogP contribution in [0.15, 0.2) is 52.3 Å². The Bertz CT molecular complexity index is 1390. The number of benzene rings is 2. The normalized spacial score (nSPS) is 15.2. The van der Waals surface area contributed by atoms with Gasteiger partial charge >= 0.3 is 0 Å². The summed E-state index contributed by atoms with van der Waals surface area (Å²) in [6.45, 7) is 3.94. The summed E-state index contributed by atoms with van der Waals surface area (Å²) < 4.78 is 53.9. The molecule has 15 heteroatoms. The predicted molar refractivity (Wildman–Crippen MR) is 141 cm³/mol. The monoisotopic (exact) mass is 575 g/mol. The number of halogens is 1. The first-order valence-electron chi connectivity index (χ1n) is 10.5. The zero-order valence-electron chi connectivity index (χ0n) is 19.7. The molecule has 2 aromatic carbocycles. The van der Waals surface area contributed by atoms with Crippen LogP contribution >= 0.6 is 23.4 Å². The molecule has 196 valence electrons. The van der Waals surface area contributed by atoms with Gasteiger partial charge in [-0.15, -0.1) is 10.2 Å². The number of hydrogen-bond donors (Lipinski definition) is 2. The highest BCUT2D eigenvalue weighted by molar-refractivity contribution is 7.99. The van der Waals surface area contributed by atoms with Crippen LogP contribution in [0.4, 0.5) is 5.95 Å². The van der Waals surface area contributed by atoms with E-state index in [1.54, 1.807) is 11.8 Å². The summed E-state index contributed by atoms with van der Waals surface area (Å²) in [5, 5.41) is 9.89. The molecule has 1 fully saturated rings. The Labute approximate surface area is 219 Å². The average molecular weight is 576 g/mol. The van der Waals surface area contributed by atoms with Crippen LogP contribution in [0.2, 0.25) is 5.02 Å². The van der Waals surface area contributed by atoms with E-state index in [1.165, 1.54) is 4.90 Å². The molecule has 2 aliphatic heterocycles. The second-order valence-electron chi connectivity index (χ2n) is 8.13. The van der Waals surface area contributed by atoms with Gasteiger partial charge < -0.3 is 9.80 Å². The first-order chi connectivity index (χ1) is 16.7. The Morgan fingerprint density at radius 3 is 2.08 bits per heavy atom. The molecule has 0 amide bonds. The Morgan fingerprint density at radius 2 is 1.47 bits per heavy atom. The first-order valence-corrected chi connectivity index (χ1v) is 15.4. The molecule has 0 aliphatic carbocycles. The van der Waals surface area contributed by atoms with Gasteiger partial charge in [0.05, 0.1) is 18.2 Å². The fraction of sp³-hybridized carbons (Fsp3) is 0.333. The number of anilines is 1. The molecule has 0 radical (unpaired) electrons. The number of piperazine rings is 1. The molecule has 0 bridgehead atoms. The van der Waals surface area contributed by atoms with Gasteiger partial charge in [0.1, 0.15) is 0 Å². The van der Waals surface area contributed by atoms with E-state index in [9.17, 15) is 16.8 Å². The zero-order valence-corrected chi connectivity index (χ0v) is 22.9. The summed E-state index contributed by atoms with van der Waals surface area (Å²) in [6, 6.07) is 14.4. The van der Waals surface area contributed by atoms with Crippen LogP contribution in [0.5, 0.6) is 0 Å². The first kappa shape index (κ1) is 28.4. The Morgan fingerprint density at radius 1 is 0.889 bits per heavy atom. The summed E-state index contributed by atoms with van der Waals surface area (Å²) in [4.78, 5) is 7.01. The second-order valence-corrected chi connectivity index (χ2v) is 12.6. The third kappa shape index (κ3) is 8.16. The van der Waals surface area contributed by atoms with Gasteiger partial charge in [0.15, 0.2) is 5.82 Å². The quantitative estimate of drug-likeness (QED) is 0.323. The van der Waals surface area contributed by atoms with Gasteiger partial charge in [-0.05, 0) is 31.3 Å². The van der Waals surface area contributed by atoms with Crippen molar-refractivity contribution in [2.24, 2.45) is 0 Å². The smallest absolute Gasteiger partial charge is 0.261 e. The standard InChI is InChI=1S/C19H18ClN5S.2CH4O3S/c1-23-8-10-24(11-9-23)19-22-21-18-14-4-2-3-5-16(14)26-17-7-6-13(20)12-15(17)25(18)19;2*1-5(2,3)4/h2-7,12H,8-11H2,1H3;2*1H3,(H,2,3,4). The lowest BCUT2D eigenvalue weighted by atomic mass is 10.2. The molecule has 0 unspecified atom stereocenters. The van der Waals surface area contributed by atoms with Crippen LogP contribution < -0.4 is 4.90 Å². The average Bonchev–Trinajstić information content (AvgIpc) is 3.13. The maximum atomic E-state index is 9.19. The van der Waals surface area contributed by atoms with E-state index in [0.29, 0.717) is 12.5 Å². The molecule has 2 aliphatic rings. The zero-order chi connectivity index (χ0) is 26.7. The molecular weight excluding hydrogens is 550 g/mol. The number of aromatic nitrogens is 3. The number of hydrogen-bond acceptors (Lipinski definition) is 9. The van der Waals surface area contributed by atoms with Crippen molar-refractivity contribution in [1.82, 2.24) is 19.7 Å². The highest BCUT2D eigenvalue weighted by Gasteiger charge is 2.28. The molecule has 1 saturated heterocycles. The Kier molecular flexibility index (Phi) is 9.03. The minimum atomic E-state index is -3.67. The van der Waals surface area contributed by atoms with Crippen molar-refractivity contribution in [1.29, 1.82) is 0 Å². The SMILES string of the molecule is CN1CCN(c2nnc3n2-c2cc(Cl)ccc2Sc2ccccc2-3)CC1.CS(=O)(=O)O.CS(=O)(=O)O. The van der Waals surface area contributed by atoms with Crippen LogP contribution in [0, 0.1) is 0 Å². The van der Waals surface area contributed by atoms with Crippen molar-refractivity contribution < 1.29 is 25.9 Å². The van der Waals surface area contributed by atoms with Crippen LogP contribution in [-0.4, -0.2) is 91.3 Å². The van der Waals surface area contributed by atoms with E-state index in [0.717, 1.165) is 59.1 Å². The van der Waals surface area contributed by atoms with Crippen LogP contribution in [0.3, 0.4) is 0 Å². The molecule has 3 heterocycles. The highest BCUT2D eigenvalue weighted by atomic mass is 35.5. The lowest BCUT2D eigenvalue weighted by Crippen LogP contribution is -2.45. The number of fused-ring (bicyclic) bond motifs is 5. The van der Waals surface area contributed by atoms with Gasteiger partial charge in [0, 0.05) is 46.6 Å². The van der Waals surface area contributed by atoms with E-state index in [-0.39, 0.29) is 0 Å². The summed E-state index contributed by atoms with van der Waals surface area (Å²) in [5.41, 5.74) is 2.16. The maximum absolute atomic E-state index is 9.19. The third-order valence-corrected chi connectivity index (χ3v) is 6.32. The summed E-state index contributed by atoms with van der Waals surface area (Å²) in [6.07, 6.45) is 1.43. The van der Waals surface area contributed by atoms with Crippen molar-refractivity contribution in [3.63, 3.8) is 0 Å². The van der Waals surface area contributed by atoms with Crippen LogP contribution in [0.25, 0.3) is 17.1 Å². The van der Waals surface area contributed by atoms with Gasteiger partial charge in [0.25, 0.3) is 20.2 Å². The van der Waals surface area contributed by atoms with E-state index in [1.807, 2.05) is 12.1 Å². The molecule has 36 heavy (non-hydrogen) atoms. The fourth-order valence-corrected chi connectivity index (χ4v) is 4.70. The molecule has 2 N–H and O–H groups in total. The summed E-state index contributed by atoms with van der Waals surface area (Å²) in [5.74, 6) is 1.77. The van der Waals surface area contributed by atoms with Crippen molar-refractivity contribution in [2.75, 3.05) is 50.6 Å². The highest BCUT2D eigenvalue weighted by Crippen LogP contribution is 2.44. The molecule has 1 aromatic heterocycles. The van der Waals surface area contributed by atoms with Crippen molar-refractivity contribution in [3.05, 3.63) is 47.5 Å². The Hall–Kier alpha value is -2.20. The molecular formula is C21H26ClN5O6S3. The summed E-state index contributed by atoms with van der Waals surface area (Å²) in [7, 11) is -5.18. The third-order valence-electron chi connectivity index (χ3n) is 4.94. The second kappa shape index (κ2) is 11.5. The van der Waals surface area contributed by atoms with Gasteiger partial charge in [0.2, 0.25) is 5.95 Å². The lowest BCUT2D eigenvalue weighted by molar-refractivity contribution is 0.310. The van der Waals surface area contributed by atoms with Gasteiger partial charge in [-0.25, -0.2) is 0 Å².